The van der Waals surface area contributed by atoms with Gasteiger partial charge in [0, 0.05) is 18.2 Å². The Bertz CT molecular complexity index is 861. The van der Waals surface area contributed by atoms with Gasteiger partial charge in [-0.3, -0.25) is 20.2 Å². The number of esters is 1. The van der Waals surface area contributed by atoms with Gasteiger partial charge in [-0.05, 0) is 18.2 Å². The lowest BCUT2D eigenvalue weighted by Crippen LogP contribution is -2.05. The normalized spacial score (nSPS) is 10.4. The zero-order chi connectivity index (χ0) is 18.4. The van der Waals surface area contributed by atoms with Gasteiger partial charge in [-0.25, -0.2) is 4.79 Å². The van der Waals surface area contributed by atoms with Crippen molar-refractivity contribution in [1.82, 2.24) is 0 Å². The van der Waals surface area contributed by atoms with Gasteiger partial charge in [-0.15, -0.1) is 0 Å². The summed E-state index contributed by atoms with van der Waals surface area (Å²) in [5.74, 6) is -0.857. The number of non-ortho nitro benzene ring substituents is 1. The van der Waals surface area contributed by atoms with E-state index in [4.69, 9.17) is 9.47 Å². The number of nitrogens with zero attached hydrogens (tertiary/aromatic N) is 2. The molecule has 9 nitrogen and oxygen atoms in total. The van der Waals surface area contributed by atoms with Crippen molar-refractivity contribution in [3.63, 3.8) is 0 Å². The van der Waals surface area contributed by atoms with Gasteiger partial charge in [-0.2, -0.15) is 0 Å². The Morgan fingerprint density at radius 3 is 2.40 bits per heavy atom. The van der Waals surface area contributed by atoms with Gasteiger partial charge in [-0.1, -0.05) is 12.1 Å². The Hall–Kier alpha value is -3.75. The van der Waals surface area contributed by atoms with E-state index in [9.17, 15) is 25.0 Å². The summed E-state index contributed by atoms with van der Waals surface area (Å²) in [6.07, 6.45) is 2.21. The van der Waals surface area contributed by atoms with Crippen LogP contribution in [0.15, 0.2) is 48.5 Å². The van der Waals surface area contributed by atoms with Gasteiger partial charge >= 0.3 is 5.97 Å². The molecule has 9 heteroatoms. The van der Waals surface area contributed by atoms with E-state index in [0.717, 1.165) is 12.1 Å². The smallest absolute Gasteiger partial charge is 0.336 e. The molecule has 2 rings (SSSR count). The predicted molar refractivity (Wildman–Crippen MR) is 87.4 cm³/mol. The van der Waals surface area contributed by atoms with Gasteiger partial charge in [0.1, 0.15) is 0 Å². The number of carbonyl (C=O) groups excluding carboxylic acids is 1. The fourth-order valence-corrected chi connectivity index (χ4v) is 1.95. The summed E-state index contributed by atoms with van der Waals surface area (Å²) in [5, 5.41) is 21.7. The highest BCUT2D eigenvalue weighted by molar-refractivity contribution is 5.89. The third kappa shape index (κ3) is 4.38. The van der Waals surface area contributed by atoms with E-state index in [0.29, 0.717) is 0 Å². The average Bonchev–Trinajstić information content (AvgIpc) is 2.60. The number of benzene rings is 2. The minimum Gasteiger partial charge on any atom is -0.493 e. The molecule has 0 N–H and O–H groups in total. The van der Waals surface area contributed by atoms with Gasteiger partial charge in [0.15, 0.2) is 11.5 Å². The number of para-hydroxylation sites is 1. The van der Waals surface area contributed by atoms with Crippen molar-refractivity contribution in [3.8, 4) is 11.5 Å². The molecule has 0 saturated heterocycles. The lowest BCUT2D eigenvalue weighted by Gasteiger charge is -2.07. The quantitative estimate of drug-likeness (QED) is 0.259. The third-order valence-electron chi connectivity index (χ3n) is 3.10. The second kappa shape index (κ2) is 7.68. The highest BCUT2D eigenvalue weighted by Gasteiger charge is 2.15. The second-order valence-corrected chi connectivity index (χ2v) is 4.66. The number of carbonyl (C=O) groups is 1. The number of nitro benzene ring substituents is 2. The van der Waals surface area contributed by atoms with E-state index in [2.05, 4.69) is 0 Å². The van der Waals surface area contributed by atoms with Crippen molar-refractivity contribution in [2.75, 3.05) is 7.11 Å². The van der Waals surface area contributed by atoms with Gasteiger partial charge < -0.3 is 9.47 Å². The van der Waals surface area contributed by atoms with Crippen LogP contribution in [0.4, 0.5) is 11.4 Å². The zero-order valence-corrected chi connectivity index (χ0v) is 12.9. The molecule has 0 amide bonds. The maximum Gasteiger partial charge on any atom is 0.336 e. The summed E-state index contributed by atoms with van der Waals surface area (Å²) < 4.78 is 10.0. The topological polar surface area (TPSA) is 122 Å². The minimum atomic E-state index is -0.864. The minimum absolute atomic E-state index is 0.131. The Labute approximate surface area is 141 Å². The highest BCUT2D eigenvalue weighted by atomic mass is 16.6. The Kier molecular flexibility index (Phi) is 5.41. The summed E-state index contributed by atoms with van der Waals surface area (Å²) in [4.78, 5) is 32.4. The van der Waals surface area contributed by atoms with E-state index in [-0.39, 0.29) is 28.4 Å². The molecule has 128 valence electrons. The van der Waals surface area contributed by atoms with Crippen LogP contribution < -0.4 is 9.47 Å². The fourth-order valence-electron chi connectivity index (χ4n) is 1.95. The number of hydrogen-bond donors (Lipinski definition) is 0. The van der Waals surface area contributed by atoms with Crippen molar-refractivity contribution in [2.24, 2.45) is 0 Å². The number of nitro groups is 2. The molecule has 0 aliphatic carbocycles. The Morgan fingerprint density at radius 1 is 1.04 bits per heavy atom. The van der Waals surface area contributed by atoms with E-state index in [1.54, 1.807) is 6.07 Å². The van der Waals surface area contributed by atoms with E-state index in [1.807, 2.05) is 0 Å². The molecular formula is C16H12N2O7. The van der Waals surface area contributed by atoms with Crippen LogP contribution in [-0.2, 0) is 4.79 Å². The summed E-state index contributed by atoms with van der Waals surface area (Å²) in [6, 6.07) is 9.41. The molecule has 0 aromatic heterocycles. The molecule has 25 heavy (non-hydrogen) atoms. The fraction of sp³-hybridized carbons (Fsp3) is 0.0625. The number of ether oxygens (including phenoxy) is 2. The van der Waals surface area contributed by atoms with E-state index in [1.165, 1.54) is 43.5 Å². The van der Waals surface area contributed by atoms with Crippen molar-refractivity contribution in [1.29, 1.82) is 0 Å². The van der Waals surface area contributed by atoms with Gasteiger partial charge in [0.25, 0.3) is 11.4 Å². The van der Waals surface area contributed by atoms with Crippen LogP contribution in [0.3, 0.4) is 0 Å². The van der Waals surface area contributed by atoms with Crippen molar-refractivity contribution < 1.29 is 24.1 Å². The molecule has 0 spiro atoms. The molecule has 2 aromatic rings. The second-order valence-electron chi connectivity index (χ2n) is 4.66. The molecule has 0 saturated carbocycles. The number of hydrogen-bond acceptors (Lipinski definition) is 7. The molecule has 0 heterocycles. The summed E-state index contributed by atoms with van der Waals surface area (Å²) in [7, 11) is 1.32. The Balaban J connectivity index is 2.22. The van der Waals surface area contributed by atoms with Gasteiger partial charge in [0.05, 0.1) is 28.6 Å². The van der Waals surface area contributed by atoms with Crippen LogP contribution in [0.1, 0.15) is 5.56 Å². The lowest BCUT2D eigenvalue weighted by molar-refractivity contribution is -0.385. The summed E-state index contributed by atoms with van der Waals surface area (Å²) >= 11 is 0. The van der Waals surface area contributed by atoms with Crippen LogP contribution in [0.2, 0.25) is 0 Å². The number of methoxy groups -OCH3 is 1. The van der Waals surface area contributed by atoms with Crippen molar-refractivity contribution in [3.05, 3.63) is 74.3 Å². The maximum atomic E-state index is 11.9. The van der Waals surface area contributed by atoms with Crippen LogP contribution in [0.25, 0.3) is 6.08 Å². The first-order valence-corrected chi connectivity index (χ1v) is 6.88. The molecule has 0 fully saturated rings. The molecule has 0 bridgehead atoms. The van der Waals surface area contributed by atoms with Crippen LogP contribution in [0.5, 0.6) is 11.5 Å². The first-order valence-electron chi connectivity index (χ1n) is 6.88. The number of rotatable bonds is 6. The largest absolute Gasteiger partial charge is 0.493 e. The Morgan fingerprint density at radius 2 is 1.76 bits per heavy atom. The molecule has 2 aromatic carbocycles. The standard InChI is InChI=1S/C16H12N2O7/c1-24-14-8-7-12(17(20)21)10-15(14)25-16(19)9-6-11-4-2-3-5-13(11)18(22)23/h2-10H,1H3/b9-6+. The molecule has 0 aliphatic rings. The van der Waals surface area contributed by atoms with E-state index >= 15 is 0 Å². The van der Waals surface area contributed by atoms with Gasteiger partial charge in [0.2, 0.25) is 0 Å². The molecule has 0 unspecified atom stereocenters. The monoisotopic (exact) mass is 344 g/mol. The van der Waals surface area contributed by atoms with Crippen LogP contribution in [-0.4, -0.2) is 22.9 Å². The van der Waals surface area contributed by atoms with Crippen molar-refractivity contribution in [2.45, 2.75) is 0 Å². The van der Waals surface area contributed by atoms with E-state index < -0.39 is 15.8 Å². The first-order chi connectivity index (χ1) is 11.9. The first kappa shape index (κ1) is 17.6. The maximum absolute atomic E-state index is 11.9. The molecular weight excluding hydrogens is 332 g/mol. The molecule has 0 aliphatic heterocycles. The average molecular weight is 344 g/mol. The van der Waals surface area contributed by atoms with Crippen LogP contribution >= 0.6 is 0 Å². The predicted octanol–water partition coefficient (Wildman–Crippen LogP) is 3.13. The summed E-state index contributed by atoms with van der Waals surface area (Å²) in [5.41, 5.74) is -0.221. The third-order valence-corrected chi connectivity index (χ3v) is 3.10. The van der Waals surface area contributed by atoms with Crippen molar-refractivity contribution >= 4 is 23.4 Å². The zero-order valence-electron chi connectivity index (χ0n) is 12.9. The SMILES string of the molecule is COc1ccc([N+](=O)[O-])cc1OC(=O)/C=C/c1ccccc1[N+](=O)[O-]. The lowest BCUT2D eigenvalue weighted by atomic mass is 10.1. The van der Waals surface area contributed by atoms with Crippen LogP contribution in [0, 0.1) is 20.2 Å². The molecule has 0 atom stereocenters. The highest BCUT2D eigenvalue weighted by Crippen LogP contribution is 2.31. The summed E-state index contributed by atoms with van der Waals surface area (Å²) in [6.45, 7) is 0. The molecule has 0 radical (unpaired) electrons.